The number of hydrogen-bond acceptors (Lipinski definition) is 4. The van der Waals surface area contributed by atoms with Crippen LogP contribution in [0.5, 0.6) is 5.75 Å². The molecule has 0 spiro atoms. The molecule has 2 N–H and O–H groups in total. The predicted octanol–water partition coefficient (Wildman–Crippen LogP) is 3.24. The highest BCUT2D eigenvalue weighted by molar-refractivity contribution is 7.99. The third kappa shape index (κ3) is 4.77. The van der Waals surface area contributed by atoms with Crippen LogP contribution in [0.4, 0.5) is 0 Å². The van der Waals surface area contributed by atoms with Gasteiger partial charge in [-0.05, 0) is 42.4 Å². The zero-order chi connectivity index (χ0) is 15.1. The fourth-order valence-corrected chi connectivity index (χ4v) is 2.90. The molecule has 0 aromatic heterocycles. The van der Waals surface area contributed by atoms with E-state index in [4.69, 9.17) is 4.74 Å². The van der Waals surface area contributed by atoms with E-state index in [1.807, 2.05) is 31.3 Å². The number of aliphatic hydroxyl groups excluding tert-OH is 1. The Labute approximate surface area is 130 Å². The molecule has 1 unspecified atom stereocenters. The predicted molar refractivity (Wildman–Crippen MR) is 87.9 cm³/mol. The molecule has 0 fully saturated rings. The fraction of sp³-hybridized carbons (Fsp3) is 0.294. The number of benzene rings is 2. The summed E-state index contributed by atoms with van der Waals surface area (Å²) in [5.74, 6) is 1.39. The van der Waals surface area contributed by atoms with Crippen LogP contribution >= 0.6 is 11.8 Å². The molecule has 21 heavy (non-hydrogen) atoms. The van der Waals surface area contributed by atoms with Crippen LogP contribution in [-0.2, 0) is 6.54 Å². The molecule has 112 valence electrons. The Morgan fingerprint density at radius 3 is 2.62 bits per heavy atom. The van der Waals surface area contributed by atoms with Crippen LogP contribution in [0.15, 0.2) is 53.4 Å². The normalized spacial score (nSPS) is 12.1. The summed E-state index contributed by atoms with van der Waals surface area (Å²) >= 11 is 1.65. The Morgan fingerprint density at radius 2 is 1.95 bits per heavy atom. The van der Waals surface area contributed by atoms with E-state index in [-0.39, 0.29) is 0 Å². The first-order valence-corrected chi connectivity index (χ1v) is 7.90. The van der Waals surface area contributed by atoms with E-state index in [1.54, 1.807) is 18.9 Å². The summed E-state index contributed by atoms with van der Waals surface area (Å²) in [6.45, 7) is 0.872. The van der Waals surface area contributed by atoms with Crippen molar-refractivity contribution in [3.8, 4) is 5.75 Å². The van der Waals surface area contributed by atoms with E-state index in [9.17, 15) is 5.11 Å². The fourth-order valence-electron chi connectivity index (χ4n) is 2.03. The maximum atomic E-state index is 10.3. The molecule has 0 saturated carbocycles. The van der Waals surface area contributed by atoms with Crippen molar-refractivity contribution in [2.75, 3.05) is 19.9 Å². The lowest BCUT2D eigenvalue weighted by molar-refractivity contribution is 0.203. The minimum absolute atomic E-state index is 0.498. The van der Waals surface area contributed by atoms with Crippen LogP contribution in [0.25, 0.3) is 0 Å². The standard InChI is InChI=1S/C17H21NO2S/c1-18-11-13-6-8-16(9-7-13)21-12-17(19)14-4-3-5-15(10-14)20-2/h3-10,17-19H,11-12H2,1-2H3. The Balaban J connectivity index is 1.92. The van der Waals surface area contributed by atoms with Gasteiger partial charge in [-0.3, -0.25) is 0 Å². The van der Waals surface area contributed by atoms with Gasteiger partial charge in [-0.15, -0.1) is 11.8 Å². The monoisotopic (exact) mass is 303 g/mol. The molecule has 2 aromatic carbocycles. The van der Waals surface area contributed by atoms with Gasteiger partial charge in [-0.1, -0.05) is 24.3 Å². The summed E-state index contributed by atoms with van der Waals surface area (Å²) in [6, 6.07) is 16.0. The molecule has 0 radical (unpaired) electrons. The molecule has 0 aliphatic rings. The number of aliphatic hydroxyl groups is 1. The molecule has 0 saturated heterocycles. The lowest BCUT2D eigenvalue weighted by Crippen LogP contribution is -2.04. The minimum Gasteiger partial charge on any atom is -0.497 e. The van der Waals surface area contributed by atoms with E-state index >= 15 is 0 Å². The van der Waals surface area contributed by atoms with Crippen molar-refractivity contribution < 1.29 is 9.84 Å². The van der Waals surface area contributed by atoms with Crippen molar-refractivity contribution in [2.24, 2.45) is 0 Å². The Morgan fingerprint density at radius 1 is 1.19 bits per heavy atom. The zero-order valence-electron chi connectivity index (χ0n) is 12.4. The largest absolute Gasteiger partial charge is 0.497 e. The molecule has 0 aliphatic heterocycles. The van der Waals surface area contributed by atoms with Crippen molar-refractivity contribution in [1.29, 1.82) is 0 Å². The lowest BCUT2D eigenvalue weighted by atomic mass is 10.1. The third-order valence-corrected chi connectivity index (χ3v) is 4.28. The van der Waals surface area contributed by atoms with Crippen LogP contribution in [-0.4, -0.2) is 25.0 Å². The Hall–Kier alpha value is -1.49. The van der Waals surface area contributed by atoms with Crippen LogP contribution < -0.4 is 10.1 Å². The van der Waals surface area contributed by atoms with Crippen molar-refractivity contribution in [3.05, 3.63) is 59.7 Å². The highest BCUT2D eigenvalue weighted by Crippen LogP contribution is 2.26. The van der Waals surface area contributed by atoms with E-state index in [0.29, 0.717) is 5.75 Å². The second-order valence-corrected chi connectivity index (χ2v) is 5.87. The molecule has 1 atom stereocenters. The van der Waals surface area contributed by atoms with Gasteiger partial charge in [0.15, 0.2) is 0 Å². The maximum Gasteiger partial charge on any atom is 0.119 e. The molecule has 2 rings (SSSR count). The summed E-state index contributed by atoms with van der Waals surface area (Å²) in [7, 11) is 3.57. The number of thioether (sulfide) groups is 1. The molecule has 0 heterocycles. The van der Waals surface area contributed by atoms with E-state index in [2.05, 4.69) is 29.6 Å². The second-order valence-electron chi connectivity index (χ2n) is 4.78. The second kappa shape index (κ2) is 8.08. The van der Waals surface area contributed by atoms with Gasteiger partial charge in [0.25, 0.3) is 0 Å². The van der Waals surface area contributed by atoms with Crippen molar-refractivity contribution in [2.45, 2.75) is 17.5 Å². The minimum atomic E-state index is -0.498. The van der Waals surface area contributed by atoms with Gasteiger partial charge in [0.2, 0.25) is 0 Å². The van der Waals surface area contributed by atoms with Crippen molar-refractivity contribution >= 4 is 11.8 Å². The molecular weight excluding hydrogens is 282 g/mol. The molecular formula is C17H21NO2S. The summed E-state index contributed by atoms with van der Waals surface area (Å²) in [5, 5.41) is 13.4. The SMILES string of the molecule is CNCc1ccc(SCC(O)c2cccc(OC)c2)cc1. The first-order valence-electron chi connectivity index (χ1n) is 6.91. The summed E-state index contributed by atoms with van der Waals surface area (Å²) < 4.78 is 5.18. The first kappa shape index (κ1) is 15.9. The highest BCUT2D eigenvalue weighted by Gasteiger charge is 2.09. The number of ether oxygens (including phenoxy) is 1. The lowest BCUT2D eigenvalue weighted by Gasteiger charge is -2.12. The number of nitrogens with one attached hydrogen (secondary N) is 1. The average Bonchev–Trinajstić information content (AvgIpc) is 2.54. The van der Waals surface area contributed by atoms with E-state index in [1.165, 1.54) is 5.56 Å². The average molecular weight is 303 g/mol. The third-order valence-electron chi connectivity index (χ3n) is 3.19. The topological polar surface area (TPSA) is 41.5 Å². The maximum absolute atomic E-state index is 10.3. The van der Waals surface area contributed by atoms with Gasteiger partial charge >= 0.3 is 0 Å². The summed E-state index contributed by atoms with van der Waals surface area (Å²) in [6.07, 6.45) is -0.498. The zero-order valence-corrected chi connectivity index (χ0v) is 13.2. The molecule has 0 aliphatic carbocycles. The van der Waals surface area contributed by atoms with Crippen LogP contribution in [0.2, 0.25) is 0 Å². The van der Waals surface area contributed by atoms with Crippen LogP contribution in [0, 0.1) is 0 Å². The first-order chi connectivity index (χ1) is 10.2. The molecule has 0 bridgehead atoms. The van der Waals surface area contributed by atoms with E-state index < -0.39 is 6.10 Å². The van der Waals surface area contributed by atoms with Gasteiger partial charge in [-0.2, -0.15) is 0 Å². The Bertz CT molecular complexity index is 557. The highest BCUT2D eigenvalue weighted by atomic mass is 32.2. The number of methoxy groups -OCH3 is 1. The van der Waals surface area contributed by atoms with Gasteiger partial charge in [0, 0.05) is 17.2 Å². The molecule has 4 heteroatoms. The van der Waals surface area contributed by atoms with Gasteiger partial charge in [-0.25, -0.2) is 0 Å². The van der Waals surface area contributed by atoms with Gasteiger partial charge in [0.05, 0.1) is 13.2 Å². The Kier molecular flexibility index (Phi) is 6.11. The van der Waals surface area contributed by atoms with Crippen LogP contribution in [0.3, 0.4) is 0 Å². The van der Waals surface area contributed by atoms with Crippen molar-refractivity contribution in [3.63, 3.8) is 0 Å². The summed E-state index contributed by atoms with van der Waals surface area (Å²) in [5.41, 5.74) is 2.14. The number of rotatable bonds is 7. The molecule has 0 amide bonds. The van der Waals surface area contributed by atoms with Crippen molar-refractivity contribution in [1.82, 2.24) is 5.32 Å². The quantitative estimate of drug-likeness (QED) is 0.771. The van der Waals surface area contributed by atoms with Gasteiger partial charge in [0.1, 0.15) is 5.75 Å². The van der Waals surface area contributed by atoms with Crippen LogP contribution in [0.1, 0.15) is 17.2 Å². The summed E-state index contributed by atoms with van der Waals surface area (Å²) in [4.78, 5) is 1.16. The number of hydrogen-bond donors (Lipinski definition) is 2. The molecule has 2 aromatic rings. The van der Waals surface area contributed by atoms with Gasteiger partial charge < -0.3 is 15.2 Å². The smallest absolute Gasteiger partial charge is 0.119 e. The van der Waals surface area contributed by atoms with E-state index in [0.717, 1.165) is 22.8 Å². The molecule has 3 nitrogen and oxygen atoms in total.